The Balaban J connectivity index is 1.34. The Morgan fingerprint density at radius 3 is 2.56 bits per heavy atom. The lowest BCUT2D eigenvalue weighted by Crippen LogP contribution is -2.47. The van der Waals surface area contributed by atoms with Gasteiger partial charge in [0, 0.05) is 33.6 Å². The minimum absolute atomic E-state index is 0.00456. The van der Waals surface area contributed by atoms with E-state index < -0.39 is 0 Å². The van der Waals surface area contributed by atoms with Gasteiger partial charge in [-0.1, -0.05) is 71.4 Å². The van der Waals surface area contributed by atoms with Crippen molar-refractivity contribution in [2.24, 2.45) is 0 Å². The average Bonchev–Trinajstić information content (AvgIpc) is 2.90. The van der Waals surface area contributed by atoms with E-state index >= 15 is 0 Å². The van der Waals surface area contributed by atoms with Crippen molar-refractivity contribution in [3.8, 4) is 11.8 Å². The number of allylic oxidation sites excluding steroid dienone is 1. The van der Waals surface area contributed by atoms with Crippen LogP contribution in [0.4, 0.5) is 5.69 Å². The molecule has 8 heteroatoms. The molecule has 1 amide bonds. The second-order valence-corrected chi connectivity index (χ2v) is 10.4. The van der Waals surface area contributed by atoms with Crippen molar-refractivity contribution < 1.29 is 9.53 Å². The smallest absolute Gasteiger partial charge is 0.229 e. The van der Waals surface area contributed by atoms with Crippen LogP contribution in [0.25, 0.3) is 0 Å². The van der Waals surface area contributed by atoms with Gasteiger partial charge in [0.1, 0.15) is 12.4 Å². The van der Waals surface area contributed by atoms with Crippen LogP contribution in [0.15, 0.2) is 77.3 Å². The van der Waals surface area contributed by atoms with Crippen LogP contribution in [0.5, 0.6) is 5.75 Å². The number of benzene rings is 3. The third kappa shape index (κ3) is 4.79. The molecule has 1 fully saturated rings. The van der Waals surface area contributed by atoms with E-state index in [0.29, 0.717) is 40.5 Å². The van der Waals surface area contributed by atoms with Gasteiger partial charge < -0.3 is 9.64 Å². The molecule has 1 atom stereocenters. The molecular weight excluding hydrogens is 513 g/mol. The number of hydrogen-bond donors (Lipinski definition) is 0. The lowest BCUT2D eigenvalue weighted by Gasteiger charge is -2.42. The lowest BCUT2D eigenvalue weighted by molar-refractivity contribution is -0.129. The van der Waals surface area contributed by atoms with E-state index in [1.807, 2.05) is 73.7 Å². The molecule has 0 spiro atoms. The Morgan fingerprint density at radius 1 is 1.06 bits per heavy atom. The van der Waals surface area contributed by atoms with Gasteiger partial charge in [0.25, 0.3) is 0 Å². The number of carbonyl (C=O) groups excluding carboxylic acids is 1. The largest absolute Gasteiger partial charge is 0.489 e. The van der Waals surface area contributed by atoms with Gasteiger partial charge in [0.15, 0.2) is 0 Å². The number of carbonyl (C=O) groups is 1. The van der Waals surface area contributed by atoms with E-state index in [1.54, 1.807) is 4.90 Å². The summed E-state index contributed by atoms with van der Waals surface area (Å²) in [6, 6.07) is 23.4. The highest BCUT2D eigenvalue weighted by Gasteiger charge is 2.38. The second kappa shape index (κ2) is 10.5. The normalized spacial score (nSPS) is 17.6. The molecule has 2 aliphatic rings. The first kappa shape index (κ1) is 24.6. The first-order valence-electron chi connectivity index (χ1n) is 11.5. The summed E-state index contributed by atoms with van der Waals surface area (Å²) in [5, 5.41) is 12.2. The molecule has 2 heterocycles. The number of thioether (sulfide) groups is 1. The van der Waals surface area contributed by atoms with E-state index in [9.17, 15) is 10.1 Å². The maximum absolute atomic E-state index is 13.2. The molecule has 5 nitrogen and oxygen atoms in total. The molecule has 0 aromatic heterocycles. The molecule has 0 radical (unpaired) electrons. The molecule has 1 unspecified atom stereocenters. The zero-order chi connectivity index (χ0) is 25.2. The number of anilines is 1. The number of nitriles is 1. The molecule has 0 saturated carbocycles. The van der Waals surface area contributed by atoms with Crippen molar-refractivity contribution in [2.45, 2.75) is 25.9 Å². The minimum Gasteiger partial charge on any atom is -0.489 e. The van der Waals surface area contributed by atoms with Crippen LogP contribution in [0.1, 0.15) is 29.0 Å². The van der Waals surface area contributed by atoms with E-state index in [4.69, 9.17) is 27.9 Å². The van der Waals surface area contributed by atoms with Crippen molar-refractivity contribution in [3.05, 3.63) is 104 Å². The van der Waals surface area contributed by atoms with Crippen molar-refractivity contribution in [3.63, 3.8) is 0 Å². The summed E-state index contributed by atoms with van der Waals surface area (Å²) in [5.74, 6) is 1.06. The Hall–Kier alpha value is -3.11. The molecule has 5 rings (SSSR count). The Morgan fingerprint density at radius 2 is 1.81 bits per heavy atom. The number of halogens is 2. The molecule has 182 valence electrons. The van der Waals surface area contributed by atoms with Crippen molar-refractivity contribution in [1.82, 2.24) is 4.90 Å². The summed E-state index contributed by atoms with van der Waals surface area (Å²) >= 11 is 14.1. The van der Waals surface area contributed by atoms with Gasteiger partial charge >= 0.3 is 0 Å². The zero-order valence-electron chi connectivity index (χ0n) is 19.6. The molecule has 3 aromatic rings. The molecule has 0 aliphatic carbocycles. The number of hydrogen-bond acceptors (Lipinski definition) is 5. The van der Waals surface area contributed by atoms with Crippen LogP contribution in [-0.2, 0) is 11.4 Å². The third-order valence-electron chi connectivity index (χ3n) is 6.51. The number of rotatable bonds is 5. The SMILES string of the molecule is Cc1c(Cl)cccc1N1CSC2=C(C#N)C(c3ccc(OCc4ccccc4Cl)cc3)CC(=O)N2C1. The van der Waals surface area contributed by atoms with Gasteiger partial charge in [0.05, 0.1) is 29.2 Å². The van der Waals surface area contributed by atoms with E-state index in [-0.39, 0.29) is 18.2 Å². The highest BCUT2D eigenvalue weighted by molar-refractivity contribution is 8.03. The van der Waals surface area contributed by atoms with E-state index in [0.717, 1.165) is 27.4 Å². The Kier molecular flexibility index (Phi) is 7.15. The fourth-order valence-electron chi connectivity index (χ4n) is 4.51. The van der Waals surface area contributed by atoms with Gasteiger partial charge in [0.2, 0.25) is 5.91 Å². The fraction of sp³-hybridized carbons (Fsp3) is 0.214. The highest BCUT2D eigenvalue weighted by atomic mass is 35.5. The molecule has 1 saturated heterocycles. The summed E-state index contributed by atoms with van der Waals surface area (Å²) < 4.78 is 5.89. The topological polar surface area (TPSA) is 56.6 Å². The zero-order valence-corrected chi connectivity index (χ0v) is 21.9. The monoisotopic (exact) mass is 535 g/mol. The predicted octanol–water partition coefficient (Wildman–Crippen LogP) is 7.10. The van der Waals surface area contributed by atoms with E-state index in [1.165, 1.54) is 11.8 Å². The average molecular weight is 536 g/mol. The van der Waals surface area contributed by atoms with Crippen LogP contribution in [0, 0.1) is 18.3 Å². The summed E-state index contributed by atoms with van der Waals surface area (Å²) in [6.45, 7) is 2.74. The molecule has 2 aliphatic heterocycles. The van der Waals surface area contributed by atoms with Gasteiger partial charge in [-0.3, -0.25) is 9.69 Å². The minimum atomic E-state index is -0.279. The molecule has 0 bridgehead atoms. The molecule has 36 heavy (non-hydrogen) atoms. The summed E-state index contributed by atoms with van der Waals surface area (Å²) in [5.41, 5.74) is 4.44. The highest BCUT2D eigenvalue weighted by Crippen LogP contribution is 2.44. The van der Waals surface area contributed by atoms with Gasteiger partial charge in [-0.2, -0.15) is 5.26 Å². The van der Waals surface area contributed by atoms with E-state index in [2.05, 4.69) is 11.0 Å². The second-order valence-electron chi connectivity index (χ2n) is 8.70. The summed E-state index contributed by atoms with van der Waals surface area (Å²) in [6.07, 6.45) is 0.245. The number of amides is 1. The number of nitrogens with zero attached hydrogens (tertiary/aromatic N) is 3. The van der Waals surface area contributed by atoms with Gasteiger partial charge in [-0.15, -0.1) is 0 Å². The van der Waals surface area contributed by atoms with Crippen LogP contribution in [0.3, 0.4) is 0 Å². The summed E-state index contributed by atoms with van der Waals surface area (Å²) in [4.78, 5) is 17.1. The first-order chi connectivity index (χ1) is 17.5. The predicted molar refractivity (Wildman–Crippen MR) is 145 cm³/mol. The Bertz CT molecular complexity index is 1380. The van der Waals surface area contributed by atoms with Crippen LogP contribution in [-0.4, -0.2) is 23.4 Å². The fourth-order valence-corrected chi connectivity index (χ4v) is 6.03. The Labute approximate surface area is 224 Å². The standard InChI is InChI=1S/C28H23Cl2N3O2S/c1-18-24(29)7-4-8-26(18)32-16-33-27(34)13-22(23(14-31)28(33)36-17-32)19-9-11-21(12-10-19)35-15-20-5-2-3-6-25(20)30/h2-12,22H,13,15-17H2,1H3. The van der Waals surface area contributed by atoms with Crippen LogP contribution >= 0.6 is 35.0 Å². The maximum atomic E-state index is 13.2. The lowest BCUT2D eigenvalue weighted by atomic mass is 9.86. The third-order valence-corrected chi connectivity index (χ3v) is 8.44. The van der Waals surface area contributed by atoms with Crippen molar-refractivity contribution >= 4 is 46.6 Å². The first-order valence-corrected chi connectivity index (χ1v) is 13.2. The quantitative estimate of drug-likeness (QED) is 0.348. The number of ether oxygens (including phenoxy) is 1. The molecule has 0 N–H and O–H groups in total. The maximum Gasteiger partial charge on any atom is 0.229 e. The van der Waals surface area contributed by atoms with Gasteiger partial charge in [-0.05, 0) is 48.4 Å². The molecular formula is C28H23Cl2N3O2S. The van der Waals surface area contributed by atoms with Crippen LogP contribution < -0.4 is 9.64 Å². The molecule has 3 aromatic carbocycles. The van der Waals surface area contributed by atoms with Crippen molar-refractivity contribution in [2.75, 3.05) is 17.4 Å². The van der Waals surface area contributed by atoms with Crippen molar-refractivity contribution in [1.29, 1.82) is 5.26 Å². The van der Waals surface area contributed by atoms with Crippen LogP contribution in [0.2, 0.25) is 10.0 Å². The van der Waals surface area contributed by atoms with Gasteiger partial charge in [-0.25, -0.2) is 0 Å². The number of fused-ring (bicyclic) bond motifs is 1. The summed E-state index contributed by atoms with van der Waals surface area (Å²) in [7, 11) is 0.